The first-order valence-electron chi connectivity index (χ1n) is 7.07. The molecule has 2 rings (SSSR count). The third-order valence-corrected chi connectivity index (χ3v) is 4.00. The van der Waals surface area contributed by atoms with Gasteiger partial charge in [-0.3, -0.25) is 14.7 Å². The summed E-state index contributed by atoms with van der Waals surface area (Å²) in [6.45, 7) is 10.3. The molecule has 1 aromatic heterocycles. The summed E-state index contributed by atoms with van der Waals surface area (Å²) < 4.78 is 0. The standard InChI is InChI=1S/C15H23N3O/c1-4-12(2)17-7-9-18(10-8-17)14-5-6-15(13(3)19)16-11-14/h5-6,11-12H,4,7-10H2,1-3H3. The van der Waals surface area contributed by atoms with Crippen molar-refractivity contribution in [2.24, 2.45) is 0 Å². The second kappa shape index (κ2) is 6.15. The van der Waals surface area contributed by atoms with E-state index in [9.17, 15) is 4.79 Å². The number of anilines is 1. The van der Waals surface area contributed by atoms with Gasteiger partial charge in [-0.2, -0.15) is 0 Å². The fourth-order valence-electron chi connectivity index (χ4n) is 2.46. The van der Waals surface area contributed by atoms with Crippen molar-refractivity contribution in [2.75, 3.05) is 31.1 Å². The highest BCUT2D eigenvalue weighted by atomic mass is 16.1. The lowest BCUT2D eigenvalue weighted by atomic mass is 10.2. The van der Waals surface area contributed by atoms with Gasteiger partial charge in [-0.1, -0.05) is 6.92 Å². The van der Waals surface area contributed by atoms with Gasteiger partial charge >= 0.3 is 0 Å². The zero-order chi connectivity index (χ0) is 13.8. The molecule has 19 heavy (non-hydrogen) atoms. The van der Waals surface area contributed by atoms with Gasteiger partial charge in [0.05, 0.1) is 11.9 Å². The Morgan fingerprint density at radius 2 is 2.00 bits per heavy atom. The zero-order valence-electron chi connectivity index (χ0n) is 12.1. The molecule has 1 aromatic rings. The van der Waals surface area contributed by atoms with Crippen LogP contribution < -0.4 is 4.90 Å². The summed E-state index contributed by atoms with van der Waals surface area (Å²) in [4.78, 5) is 20.3. The van der Waals surface area contributed by atoms with Crippen LogP contribution in [0.5, 0.6) is 0 Å². The molecule has 1 unspecified atom stereocenters. The largest absolute Gasteiger partial charge is 0.368 e. The summed E-state index contributed by atoms with van der Waals surface area (Å²) in [7, 11) is 0. The number of carbonyl (C=O) groups excluding carboxylic acids is 1. The molecule has 4 heteroatoms. The number of hydrogen-bond acceptors (Lipinski definition) is 4. The van der Waals surface area contributed by atoms with Crippen molar-refractivity contribution in [2.45, 2.75) is 33.2 Å². The molecule has 1 aliphatic rings. The average molecular weight is 261 g/mol. The zero-order valence-corrected chi connectivity index (χ0v) is 12.1. The molecule has 4 nitrogen and oxygen atoms in total. The van der Waals surface area contributed by atoms with E-state index in [1.165, 1.54) is 6.42 Å². The molecular formula is C15H23N3O. The first-order valence-corrected chi connectivity index (χ1v) is 7.07. The van der Waals surface area contributed by atoms with E-state index >= 15 is 0 Å². The van der Waals surface area contributed by atoms with Gasteiger partial charge in [0.2, 0.25) is 0 Å². The Morgan fingerprint density at radius 3 is 2.47 bits per heavy atom. The molecule has 0 aliphatic carbocycles. The van der Waals surface area contributed by atoms with Gasteiger partial charge in [0.25, 0.3) is 0 Å². The number of rotatable bonds is 4. The van der Waals surface area contributed by atoms with Crippen LogP contribution in [0.25, 0.3) is 0 Å². The number of nitrogens with zero attached hydrogens (tertiary/aromatic N) is 3. The van der Waals surface area contributed by atoms with E-state index in [2.05, 4.69) is 28.6 Å². The van der Waals surface area contributed by atoms with E-state index in [0.717, 1.165) is 31.9 Å². The van der Waals surface area contributed by atoms with Gasteiger partial charge in [0.15, 0.2) is 5.78 Å². The minimum atomic E-state index is 0.0214. The lowest BCUT2D eigenvalue weighted by Gasteiger charge is -2.38. The Morgan fingerprint density at radius 1 is 1.32 bits per heavy atom. The molecular weight excluding hydrogens is 238 g/mol. The van der Waals surface area contributed by atoms with Crippen molar-refractivity contribution < 1.29 is 4.79 Å². The van der Waals surface area contributed by atoms with Gasteiger partial charge < -0.3 is 4.90 Å². The molecule has 1 saturated heterocycles. The lowest BCUT2D eigenvalue weighted by Crippen LogP contribution is -2.49. The van der Waals surface area contributed by atoms with Crippen LogP contribution in [0.4, 0.5) is 5.69 Å². The third-order valence-electron chi connectivity index (χ3n) is 4.00. The third kappa shape index (κ3) is 3.32. The number of Topliss-reactive ketones (excluding diaryl/α,β-unsaturated/α-hetero) is 1. The van der Waals surface area contributed by atoms with Crippen LogP contribution in [0.2, 0.25) is 0 Å². The van der Waals surface area contributed by atoms with Gasteiger partial charge in [0, 0.05) is 39.1 Å². The molecule has 104 valence electrons. The minimum absolute atomic E-state index is 0.0214. The number of carbonyl (C=O) groups is 1. The Balaban J connectivity index is 1.96. The predicted molar refractivity (Wildman–Crippen MR) is 77.8 cm³/mol. The van der Waals surface area contributed by atoms with E-state index in [4.69, 9.17) is 0 Å². The Hall–Kier alpha value is -1.42. The van der Waals surface area contributed by atoms with Crippen molar-refractivity contribution in [1.29, 1.82) is 0 Å². The lowest BCUT2D eigenvalue weighted by molar-refractivity contribution is 0.101. The molecule has 0 aromatic carbocycles. The number of hydrogen-bond donors (Lipinski definition) is 0. The van der Waals surface area contributed by atoms with E-state index in [-0.39, 0.29) is 5.78 Å². The van der Waals surface area contributed by atoms with Crippen LogP contribution in [0.3, 0.4) is 0 Å². The fraction of sp³-hybridized carbons (Fsp3) is 0.600. The van der Waals surface area contributed by atoms with Crippen molar-refractivity contribution in [3.05, 3.63) is 24.0 Å². The predicted octanol–water partition coefficient (Wildman–Crippen LogP) is 2.20. The molecule has 0 radical (unpaired) electrons. The molecule has 1 fully saturated rings. The number of pyridine rings is 1. The number of ketones is 1. The molecule has 1 atom stereocenters. The van der Waals surface area contributed by atoms with Crippen LogP contribution in [-0.4, -0.2) is 47.9 Å². The van der Waals surface area contributed by atoms with Gasteiger partial charge in [-0.25, -0.2) is 0 Å². The molecule has 0 amide bonds. The summed E-state index contributed by atoms with van der Waals surface area (Å²) in [5.74, 6) is 0.0214. The van der Waals surface area contributed by atoms with Gasteiger partial charge in [-0.05, 0) is 25.5 Å². The number of aromatic nitrogens is 1. The summed E-state index contributed by atoms with van der Waals surface area (Å²) in [5, 5.41) is 0. The van der Waals surface area contributed by atoms with E-state index in [1.807, 2.05) is 18.3 Å². The first kappa shape index (κ1) is 14.0. The van der Waals surface area contributed by atoms with Crippen LogP contribution in [0, 0.1) is 0 Å². The summed E-state index contributed by atoms with van der Waals surface area (Å²) in [5.41, 5.74) is 1.66. The van der Waals surface area contributed by atoms with E-state index in [0.29, 0.717) is 11.7 Å². The summed E-state index contributed by atoms with van der Waals surface area (Å²) in [6, 6.07) is 4.49. The van der Waals surface area contributed by atoms with Gasteiger partial charge in [0.1, 0.15) is 5.69 Å². The highest BCUT2D eigenvalue weighted by Crippen LogP contribution is 2.17. The Kier molecular flexibility index (Phi) is 4.53. The van der Waals surface area contributed by atoms with Crippen LogP contribution in [0.15, 0.2) is 18.3 Å². The monoisotopic (exact) mass is 261 g/mol. The highest BCUT2D eigenvalue weighted by Gasteiger charge is 2.20. The second-order valence-corrected chi connectivity index (χ2v) is 5.24. The molecule has 0 N–H and O–H groups in total. The topological polar surface area (TPSA) is 36.4 Å². The SMILES string of the molecule is CCC(C)N1CCN(c2ccc(C(C)=O)nc2)CC1. The maximum absolute atomic E-state index is 11.2. The van der Waals surface area contributed by atoms with Crippen LogP contribution in [0.1, 0.15) is 37.7 Å². The normalized spacial score (nSPS) is 18.4. The smallest absolute Gasteiger partial charge is 0.178 e. The molecule has 0 spiro atoms. The molecule has 1 aliphatic heterocycles. The maximum Gasteiger partial charge on any atom is 0.178 e. The molecule has 0 bridgehead atoms. The Bertz CT molecular complexity index is 422. The second-order valence-electron chi connectivity index (χ2n) is 5.24. The van der Waals surface area contributed by atoms with Crippen molar-refractivity contribution in [3.8, 4) is 0 Å². The minimum Gasteiger partial charge on any atom is -0.368 e. The quantitative estimate of drug-likeness (QED) is 0.779. The fourth-order valence-corrected chi connectivity index (χ4v) is 2.46. The van der Waals surface area contributed by atoms with Crippen molar-refractivity contribution >= 4 is 11.5 Å². The van der Waals surface area contributed by atoms with Crippen molar-refractivity contribution in [1.82, 2.24) is 9.88 Å². The maximum atomic E-state index is 11.2. The Labute approximate surface area is 115 Å². The van der Waals surface area contributed by atoms with Gasteiger partial charge in [-0.15, -0.1) is 0 Å². The first-order chi connectivity index (χ1) is 9.11. The summed E-state index contributed by atoms with van der Waals surface area (Å²) >= 11 is 0. The average Bonchev–Trinajstić information content (AvgIpc) is 2.46. The van der Waals surface area contributed by atoms with Crippen LogP contribution in [-0.2, 0) is 0 Å². The van der Waals surface area contributed by atoms with Crippen molar-refractivity contribution in [3.63, 3.8) is 0 Å². The molecule has 2 heterocycles. The highest BCUT2D eigenvalue weighted by molar-refractivity contribution is 5.92. The van der Waals surface area contributed by atoms with E-state index in [1.54, 1.807) is 6.92 Å². The van der Waals surface area contributed by atoms with Crippen LogP contribution >= 0.6 is 0 Å². The number of piperazine rings is 1. The van der Waals surface area contributed by atoms with E-state index < -0.39 is 0 Å². The summed E-state index contributed by atoms with van der Waals surface area (Å²) in [6.07, 6.45) is 3.02. The molecule has 0 saturated carbocycles.